The third-order valence-corrected chi connectivity index (χ3v) is 2.28. The number of unbranched alkanes of at least 4 members (excludes halogenated alkanes) is 3. The van der Waals surface area contributed by atoms with Crippen LogP contribution < -0.4 is 0 Å². The minimum Gasteiger partial charge on any atom is -0.299 e. The van der Waals surface area contributed by atoms with Crippen LogP contribution in [-0.4, -0.2) is 5.78 Å². The summed E-state index contributed by atoms with van der Waals surface area (Å²) in [4.78, 5) is 11.5. The molecule has 0 aromatic carbocycles. The summed E-state index contributed by atoms with van der Waals surface area (Å²) in [5.41, 5.74) is -0.187. The fourth-order valence-electron chi connectivity index (χ4n) is 1.13. The standard InChI is InChI=1S/C13H24O/c1-5-6-7-8-9-10-11-12(14)13(2,3)4/h9-10H,5-8,11H2,1-4H3/b10-9-. The molecule has 0 fully saturated rings. The lowest BCUT2D eigenvalue weighted by molar-refractivity contribution is -0.125. The highest BCUT2D eigenvalue weighted by molar-refractivity contribution is 5.84. The Bertz CT molecular complexity index is 184. The summed E-state index contributed by atoms with van der Waals surface area (Å²) in [5.74, 6) is 0.323. The first kappa shape index (κ1) is 13.4. The summed E-state index contributed by atoms with van der Waals surface area (Å²) < 4.78 is 0. The van der Waals surface area contributed by atoms with Gasteiger partial charge in [0.25, 0.3) is 0 Å². The van der Waals surface area contributed by atoms with Crippen molar-refractivity contribution in [3.05, 3.63) is 12.2 Å². The summed E-state index contributed by atoms with van der Waals surface area (Å²) in [7, 11) is 0. The van der Waals surface area contributed by atoms with Crippen LogP contribution in [-0.2, 0) is 4.79 Å². The van der Waals surface area contributed by atoms with Crippen LogP contribution in [0.15, 0.2) is 12.2 Å². The summed E-state index contributed by atoms with van der Waals surface area (Å²) in [6.45, 7) is 8.12. The van der Waals surface area contributed by atoms with Crippen molar-refractivity contribution in [2.45, 2.75) is 59.8 Å². The SMILES string of the molecule is CCCCC/C=C\CC(=O)C(C)(C)C. The molecular weight excluding hydrogens is 172 g/mol. The van der Waals surface area contributed by atoms with Gasteiger partial charge in [-0.25, -0.2) is 0 Å². The molecule has 1 heteroatoms. The van der Waals surface area contributed by atoms with E-state index < -0.39 is 0 Å². The van der Waals surface area contributed by atoms with E-state index in [4.69, 9.17) is 0 Å². The van der Waals surface area contributed by atoms with Gasteiger partial charge in [0.05, 0.1) is 0 Å². The molecule has 14 heavy (non-hydrogen) atoms. The van der Waals surface area contributed by atoms with Crippen LogP contribution in [0.1, 0.15) is 59.8 Å². The summed E-state index contributed by atoms with van der Waals surface area (Å²) in [5, 5.41) is 0. The highest BCUT2D eigenvalue weighted by atomic mass is 16.1. The number of hydrogen-bond acceptors (Lipinski definition) is 1. The Labute approximate surface area is 88.6 Å². The quantitative estimate of drug-likeness (QED) is 0.461. The average molecular weight is 196 g/mol. The average Bonchev–Trinajstić information content (AvgIpc) is 2.09. The molecule has 0 spiro atoms. The first-order valence-electron chi connectivity index (χ1n) is 5.66. The van der Waals surface area contributed by atoms with Crippen LogP contribution in [0.4, 0.5) is 0 Å². The van der Waals surface area contributed by atoms with E-state index in [0.29, 0.717) is 12.2 Å². The smallest absolute Gasteiger partial charge is 0.141 e. The second-order valence-corrected chi connectivity index (χ2v) is 4.84. The number of rotatable bonds is 6. The number of Topliss-reactive ketones (excluding diaryl/α,β-unsaturated/α-hetero) is 1. The number of hydrogen-bond donors (Lipinski definition) is 0. The lowest BCUT2D eigenvalue weighted by Gasteiger charge is -2.14. The van der Waals surface area contributed by atoms with Crippen molar-refractivity contribution >= 4 is 5.78 Å². The maximum atomic E-state index is 11.5. The number of allylic oxidation sites excluding steroid dienone is 2. The normalized spacial score (nSPS) is 12.3. The van der Waals surface area contributed by atoms with E-state index in [-0.39, 0.29) is 5.41 Å². The van der Waals surface area contributed by atoms with Crippen molar-refractivity contribution in [3.8, 4) is 0 Å². The van der Waals surface area contributed by atoms with Gasteiger partial charge in [0.1, 0.15) is 5.78 Å². The monoisotopic (exact) mass is 196 g/mol. The predicted octanol–water partition coefficient (Wildman–Crippen LogP) is 4.13. The first-order chi connectivity index (χ1) is 6.48. The summed E-state index contributed by atoms with van der Waals surface area (Å²) in [6, 6.07) is 0. The van der Waals surface area contributed by atoms with Crippen LogP contribution in [0.3, 0.4) is 0 Å². The fraction of sp³-hybridized carbons (Fsp3) is 0.769. The maximum Gasteiger partial charge on any atom is 0.141 e. The van der Waals surface area contributed by atoms with E-state index in [0.717, 1.165) is 6.42 Å². The first-order valence-corrected chi connectivity index (χ1v) is 5.66. The molecule has 0 aliphatic carbocycles. The van der Waals surface area contributed by atoms with Crippen molar-refractivity contribution in [1.29, 1.82) is 0 Å². The van der Waals surface area contributed by atoms with Gasteiger partial charge >= 0.3 is 0 Å². The minimum absolute atomic E-state index is 0.187. The number of ketones is 1. The Balaban J connectivity index is 3.57. The lowest BCUT2D eigenvalue weighted by atomic mass is 9.89. The number of carbonyl (C=O) groups excluding carboxylic acids is 1. The molecule has 0 rings (SSSR count). The molecule has 0 unspecified atom stereocenters. The predicted molar refractivity (Wildman–Crippen MR) is 62.4 cm³/mol. The molecule has 0 heterocycles. The molecule has 82 valence electrons. The Kier molecular flexibility index (Phi) is 6.52. The zero-order valence-corrected chi connectivity index (χ0v) is 10.1. The van der Waals surface area contributed by atoms with Gasteiger partial charge in [-0.15, -0.1) is 0 Å². The molecule has 0 aromatic heterocycles. The van der Waals surface area contributed by atoms with Gasteiger partial charge in [0.2, 0.25) is 0 Å². The number of carbonyl (C=O) groups is 1. The zero-order chi connectivity index (χ0) is 11.0. The highest BCUT2D eigenvalue weighted by Gasteiger charge is 2.18. The van der Waals surface area contributed by atoms with E-state index in [1.807, 2.05) is 26.8 Å². The molecule has 0 saturated carbocycles. The third kappa shape index (κ3) is 6.88. The summed E-state index contributed by atoms with van der Waals surface area (Å²) in [6.07, 6.45) is 9.66. The Hall–Kier alpha value is -0.590. The molecule has 0 aliphatic rings. The van der Waals surface area contributed by atoms with Gasteiger partial charge in [-0.2, -0.15) is 0 Å². The topological polar surface area (TPSA) is 17.1 Å². The van der Waals surface area contributed by atoms with E-state index >= 15 is 0 Å². The fourth-order valence-corrected chi connectivity index (χ4v) is 1.13. The van der Waals surface area contributed by atoms with E-state index in [1.165, 1.54) is 19.3 Å². The van der Waals surface area contributed by atoms with Gasteiger partial charge in [-0.1, -0.05) is 52.7 Å². The van der Waals surface area contributed by atoms with E-state index in [1.54, 1.807) is 0 Å². The third-order valence-electron chi connectivity index (χ3n) is 2.28. The van der Waals surface area contributed by atoms with Crippen LogP contribution in [0.2, 0.25) is 0 Å². The van der Waals surface area contributed by atoms with Gasteiger partial charge in [-0.3, -0.25) is 4.79 Å². The molecule has 1 nitrogen and oxygen atoms in total. The Morgan fingerprint density at radius 1 is 1.14 bits per heavy atom. The largest absolute Gasteiger partial charge is 0.299 e. The second kappa shape index (κ2) is 6.80. The van der Waals surface area contributed by atoms with Crippen molar-refractivity contribution in [2.24, 2.45) is 5.41 Å². The summed E-state index contributed by atoms with van der Waals surface area (Å²) >= 11 is 0. The molecule has 0 aromatic rings. The molecule has 0 saturated heterocycles. The van der Waals surface area contributed by atoms with Gasteiger partial charge < -0.3 is 0 Å². The van der Waals surface area contributed by atoms with Crippen molar-refractivity contribution in [3.63, 3.8) is 0 Å². The lowest BCUT2D eigenvalue weighted by Crippen LogP contribution is -2.18. The van der Waals surface area contributed by atoms with Crippen molar-refractivity contribution in [1.82, 2.24) is 0 Å². The Morgan fingerprint density at radius 2 is 1.79 bits per heavy atom. The second-order valence-electron chi connectivity index (χ2n) is 4.84. The van der Waals surface area contributed by atoms with E-state index in [2.05, 4.69) is 13.0 Å². The molecule has 0 bridgehead atoms. The van der Waals surface area contributed by atoms with Crippen molar-refractivity contribution in [2.75, 3.05) is 0 Å². The molecule has 0 atom stereocenters. The van der Waals surface area contributed by atoms with Crippen LogP contribution in [0, 0.1) is 5.41 Å². The minimum atomic E-state index is -0.187. The molecule has 0 N–H and O–H groups in total. The molecule has 0 amide bonds. The van der Waals surface area contributed by atoms with Crippen LogP contribution in [0.25, 0.3) is 0 Å². The van der Waals surface area contributed by atoms with Crippen LogP contribution >= 0.6 is 0 Å². The molecule has 0 radical (unpaired) electrons. The zero-order valence-electron chi connectivity index (χ0n) is 10.1. The molecule has 0 aliphatic heterocycles. The van der Waals surface area contributed by atoms with Gasteiger partial charge in [0.15, 0.2) is 0 Å². The Morgan fingerprint density at radius 3 is 2.29 bits per heavy atom. The van der Waals surface area contributed by atoms with Crippen molar-refractivity contribution < 1.29 is 4.79 Å². The van der Waals surface area contributed by atoms with Gasteiger partial charge in [-0.05, 0) is 12.8 Å². The van der Waals surface area contributed by atoms with Gasteiger partial charge in [0, 0.05) is 11.8 Å². The highest BCUT2D eigenvalue weighted by Crippen LogP contribution is 2.16. The van der Waals surface area contributed by atoms with Crippen LogP contribution in [0.5, 0.6) is 0 Å². The maximum absolute atomic E-state index is 11.5. The van der Waals surface area contributed by atoms with E-state index in [9.17, 15) is 4.79 Å². The molecular formula is C13H24O.